The molecule has 194 valence electrons. The van der Waals surface area contributed by atoms with Crippen LogP contribution in [0.25, 0.3) is 6.08 Å². The Morgan fingerprint density at radius 1 is 1.03 bits per heavy atom. The van der Waals surface area contributed by atoms with Gasteiger partial charge in [-0.2, -0.15) is 5.26 Å². The van der Waals surface area contributed by atoms with Gasteiger partial charge in [0.2, 0.25) is 5.13 Å². The van der Waals surface area contributed by atoms with Gasteiger partial charge in [0.1, 0.15) is 35.6 Å². The van der Waals surface area contributed by atoms with Gasteiger partial charge in [-0.25, -0.2) is 0 Å². The Morgan fingerprint density at radius 2 is 1.84 bits per heavy atom. The minimum Gasteiger partial charge on any atom is -0.490 e. The summed E-state index contributed by atoms with van der Waals surface area (Å²) in [5, 5.41) is 21.5. The second kappa shape index (κ2) is 14.0. The highest BCUT2D eigenvalue weighted by Gasteiger charge is 2.14. The van der Waals surface area contributed by atoms with Crippen LogP contribution in [-0.4, -0.2) is 35.9 Å². The molecule has 37 heavy (non-hydrogen) atoms. The molecule has 3 aromatic rings. The van der Waals surface area contributed by atoms with Crippen LogP contribution in [0, 0.1) is 25.2 Å². The van der Waals surface area contributed by atoms with Crippen LogP contribution in [0.4, 0.5) is 5.13 Å². The van der Waals surface area contributed by atoms with Crippen molar-refractivity contribution in [3.63, 3.8) is 0 Å². The third-order valence-corrected chi connectivity index (χ3v) is 6.36. The minimum atomic E-state index is -0.539. The van der Waals surface area contributed by atoms with Crippen molar-refractivity contribution >= 4 is 28.5 Å². The molecule has 0 saturated carbocycles. The molecule has 0 aliphatic heterocycles. The first kappa shape index (κ1) is 27.7. The third-order valence-electron chi connectivity index (χ3n) is 5.46. The minimum absolute atomic E-state index is 0.0526. The summed E-state index contributed by atoms with van der Waals surface area (Å²) in [6.45, 7) is 9.23. The molecule has 8 nitrogen and oxygen atoms in total. The number of ether oxygens (including phenoxy) is 3. The van der Waals surface area contributed by atoms with Gasteiger partial charge in [0.05, 0.1) is 6.61 Å². The van der Waals surface area contributed by atoms with Crippen LogP contribution in [0.2, 0.25) is 0 Å². The van der Waals surface area contributed by atoms with Crippen molar-refractivity contribution in [2.75, 3.05) is 25.1 Å². The normalized spacial score (nSPS) is 11.1. The molecule has 0 fully saturated rings. The van der Waals surface area contributed by atoms with Gasteiger partial charge >= 0.3 is 0 Å². The summed E-state index contributed by atoms with van der Waals surface area (Å²) >= 11 is 1.32. The maximum absolute atomic E-state index is 12.6. The number of rotatable bonds is 13. The number of nitrogens with zero attached hydrogens (tertiary/aromatic N) is 3. The number of hydrogen-bond acceptors (Lipinski definition) is 8. The molecule has 9 heteroatoms. The summed E-state index contributed by atoms with van der Waals surface area (Å²) in [5.41, 5.74) is 2.97. The quantitative estimate of drug-likeness (QED) is 0.170. The van der Waals surface area contributed by atoms with Gasteiger partial charge in [-0.05, 0) is 74.2 Å². The molecule has 2 aromatic carbocycles. The van der Waals surface area contributed by atoms with Gasteiger partial charge < -0.3 is 14.2 Å². The van der Waals surface area contributed by atoms with Crippen molar-refractivity contribution in [2.45, 2.75) is 47.0 Å². The van der Waals surface area contributed by atoms with E-state index in [0.717, 1.165) is 30.0 Å². The first-order valence-corrected chi connectivity index (χ1v) is 13.1. The number of carbonyl (C=O) groups excluding carboxylic acids is 1. The summed E-state index contributed by atoms with van der Waals surface area (Å²) in [4.78, 5) is 12.6. The van der Waals surface area contributed by atoms with E-state index in [1.807, 2.05) is 38.1 Å². The average Bonchev–Trinajstić information content (AvgIpc) is 3.34. The van der Waals surface area contributed by atoms with Gasteiger partial charge in [0.25, 0.3) is 5.91 Å². The van der Waals surface area contributed by atoms with E-state index in [1.165, 1.54) is 28.5 Å². The Morgan fingerprint density at radius 3 is 2.57 bits per heavy atom. The second-order valence-electron chi connectivity index (χ2n) is 8.31. The Bertz CT molecular complexity index is 1280. The zero-order chi connectivity index (χ0) is 26.6. The van der Waals surface area contributed by atoms with Crippen molar-refractivity contribution in [2.24, 2.45) is 0 Å². The number of amides is 1. The van der Waals surface area contributed by atoms with Gasteiger partial charge in [-0.1, -0.05) is 36.8 Å². The number of nitrogens with one attached hydrogen (secondary N) is 1. The lowest BCUT2D eigenvalue weighted by atomic mass is 10.1. The predicted molar refractivity (Wildman–Crippen MR) is 145 cm³/mol. The topological polar surface area (TPSA) is 106 Å². The molecule has 0 aliphatic carbocycles. The van der Waals surface area contributed by atoms with E-state index < -0.39 is 5.91 Å². The maximum Gasteiger partial charge on any atom is 0.268 e. The molecule has 1 N–H and O–H groups in total. The standard InChI is InChI=1S/C28H32N4O4S/c1-5-7-8-26-31-32-28(37-26)30-27(33)22(18-29)16-21-10-12-24(25(17-21)34-6-2)36-14-13-35-23-11-9-19(3)20(4)15-23/h9-12,15-17H,5-8,13-14H2,1-4H3,(H,30,32,33)/b22-16-. The first-order valence-electron chi connectivity index (χ1n) is 12.3. The lowest BCUT2D eigenvalue weighted by molar-refractivity contribution is -0.112. The highest BCUT2D eigenvalue weighted by Crippen LogP contribution is 2.30. The van der Waals surface area contributed by atoms with Crippen molar-refractivity contribution < 1.29 is 19.0 Å². The number of aryl methyl sites for hydroxylation is 3. The Hall–Kier alpha value is -3.90. The van der Waals surface area contributed by atoms with Crippen LogP contribution in [-0.2, 0) is 11.2 Å². The fraction of sp³-hybridized carbons (Fsp3) is 0.357. The van der Waals surface area contributed by atoms with Crippen LogP contribution in [0.5, 0.6) is 17.2 Å². The van der Waals surface area contributed by atoms with Crippen LogP contribution < -0.4 is 19.5 Å². The molecule has 0 spiro atoms. The number of aromatic nitrogens is 2. The highest BCUT2D eigenvalue weighted by atomic mass is 32.1. The Kier molecular flexibility index (Phi) is 10.5. The van der Waals surface area contributed by atoms with E-state index in [2.05, 4.69) is 29.4 Å². The van der Waals surface area contributed by atoms with E-state index in [0.29, 0.717) is 42.0 Å². The largest absolute Gasteiger partial charge is 0.490 e. The van der Waals surface area contributed by atoms with E-state index in [-0.39, 0.29) is 5.57 Å². The van der Waals surface area contributed by atoms with Gasteiger partial charge in [0.15, 0.2) is 11.5 Å². The third kappa shape index (κ3) is 8.33. The second-order valence-corrected chi connectivity index (χ2v) is 9.37. The smallest absolute Gasteiger partial charge is 0.268 e. The van der Waals surface area contributed by atoms with Gasteiger partial charge in [-0.3, -0.25) is 10.1 Å². The zero-order valence-electron chi connectivity index (χ0n) is 21.7. The number of anilines is 1. The Balaban J connectivity index is 1.63. The van der Waals surface area contributed by atoms with E-state index in [1.54, 1.807) is 18.2 Å². The fourth-order valence-electron chi connectivity index (χ4n) is 3.33. The molecule has 1 amide bonds. The number of benzene rings is 2. The molecule has 0 atom stereocenters. The van der Waals surface area contributed by atoms with Crippen molar-refractivity contribution in [1.82, 2.24) is 10.2 Å². The molecule has 0 radical (unpaired) electrons. The van der Waals surface area contributed by atoms with E-state index >= 15 is 0 Å². The first-order chi connectivity index (χ1) is 17.9. The average molecular weight is 521 g/mol. The molecule has 1 heterocycles. The molecule has 3 rings (SSSR count). The van der Waals surface area contributed by atoms with Gasteiger partial charge in [-0.15, -0.1) is 10.2 Å². The number of unbranched alkanes of at least 4 members (excludes halogenated alkanes) is 1. The zero-order valence-corrected chi connectivity index (χ0v) is 22.5. The monoisotopic (exact) mass is 520 g/mol. The Labute approximate surface area is 221 Å². The molecule has 1 aromatic heterocycles. The van der Waals surface area contributed by atoms with Gasteiger partial charge in [0, 0.05) is 6.42 Å². The predicted octanol–water partition coefficient (Wildman–Crippen LogP) is 5.90. The molecule has 0 saturated heterocycles. The van der Waals surface area contributed by atoms with Crippen molar-refractivity contribution in [3.05, 3.63) is 63.7 Å². The summed E-state index contributed by atoms with van der Waals surface area (Å²) in [7, 11) is 0. The van der Waals surface area contributed by atoms with E-state index in [4.69, 9.17) is 14.2 Å². The molecular weight excluding hydrogens is 488 g/mol. The number of nitriles is 1. The van der Waals surface area contributed by atoms with Crippen molar-refractivity contribution in [3.8, 4) is 23.3 Å². The SMILES string of the molecule is CCCCc1nnc(NC(=O)/C(C#N)=C\c2ccc(OCCOc3ccc(C)c(C)c3)c(OCC)c2)s1. The number of carbonyl (C=O) groups is 1. The van der Waals surface area contributed by atoms with Crippen LogP contribution in [0.1, 0.15) is 48.4 Å². The molecule has 0 bridgehead atoms. The lowest BCUT2D eigenvalue weighted by Gasteiger charge is -2.13. The summed E-state index contributed by atoms with van der Waals surface area (Å²) in [6.07, 6.45) is 4.38. The molecule has 0 aliphatic rings. The number of hydrogen-bond donors (Lipinski definition) is 1. The fourth-order valence-corrected chi connectivity index (χ4v) is 4.11. The van der Waals surface area contributed by atoms with Crippen LogP contribution in [0.15, 0.2) is 42.0 Å². The van der Waals surface area contributed by atoms with Crippen LogP contribution in [0.3, 0.4) is 0 Å². The maximum atomic E-state index is 12.6. The molecule has 0 unspecified atom stereocenters. The summed E-state index contributed by atoms with van der Waals surface area (Å²) in [6, 6.07) is 13.2. The lowest BCUT2D eigenvalue weighted by Crippen LogP contribution is -2.13. The van der Waals surface area contributed by atoms with E-state index in [9.17, 15) is 10.1 Å². The van der Waals surface area contributed by atoms with Crippen molar-refractivity contribution in [1.29, 1.82) is 5.26 Å². The summed E-state index contributed by atoms with van der Waals surface area (Å²) in [5.74, 6) is 1.33. The highest BCUT2D eigenvalue weighted by molar-refractivity contribution is 7.15. The molecular formula is C28H32N4O4S. The summed E-state index contributed by atoms with van der Waals surface area (Å²) < 4.78 is 17.4. The van der Waals surface area contributed by atoms with Crippen LogP contribution >= 0.6 is 11.3 Å².